The van der Waals surface area contributed by atoms with Crippen LogP contribution in [0.1, 0.15) is 54.0 Å². The third kappa shape index (κ3) is 4.96. The van der Waals surface area contributed by atoms with Gasteiger partial charge in [-0.1, -0.05) is 43.3 Å². The van der Waals surface area contributed by atoms with E-state index in [1.165, 1.54) is 50.8 Å². The highest BCUT2D eigenvalue weighted by Crippen LogP contribution is 2.42. The van der Waals surface area contributed by atoms with Crippen LogP contribution in [0.3, 0.4) is 0 Å². The van der Waals surface area contributed by atoms with Crippen LogP contribution in [0.25, 0.3) is 22.0 Å². The van der Waals surface area contributed by atoms with Gasteiger partial charge >= 0.3 is 0 Å². The summed E-state index contributed by atoms with van der Waals surface area (Å²) < 4.78 is 7.68. The van der Waals surface area contributed by atoms with Gasteiger partial charge in [-0.25, -0.2) is 0 Å². The summed E-state index contributed by atoms with van der Waals surface area (Å²) in [5.41, 5.74) is 10.5. The minimum atomic E-state index is 0.903. The van der Waals surface area contributed by atoms with E-state index >= 15 is 0 Å². The Balaban J connectivity index is 1.62. The number of fused-ring (bicyclic) bond motifs is 2. The van der Waals surface area contributed by atoms with Crippen molar-refractivity contribution in [1.82, 2.24) is 14.7 Å². The Morgan fingerprint density at radius 1 is 0.972 bits per heavy atom. The molecule has 0 fully saturated rings. The largest absolute Gasteiger partial charge is 0.497 e. The summed E-state index contributed by atoms with van der Waals surface area (Å²) in [6, 6.07) is 22.2. The standard InChI is InChI=1S/C32H37N3O/c1-5-17-34(3)18-19-35-22-26-20-25(13-16-31(26)33-35)32-29-15-14-27(36-4)21-24(29)10-8-12-30(32)28-11-7-6-9-23(28)2/h6-7,9,11,13-16,20-22H,5,8,10,12,17-19H2,1-4H3. The van der Waals surface area contributed by atoms with Crippen LogP contribution < -0.4 is 4.74 Å². The third-order valence-corrected chi connectivity index (χ3v) is 7.38. The number of aromatic nitrogens is 2. The van der Waals surface area contributed by atoms with Gasteiger partial charge in [0.25, 0.3) is 0 Å². The SMILES string of the molecule is CCCN(C)CCn1cc2cc(C3=C(c4ccccc4C)CCCc4cc(OC)ccc43)ccc2n1. The molecule has 1 heterocycles. The van der Waals surface area contributed by atoms with Crippen molar-refractivity contribution in [2.24, 2.45) is 0 Å². The fourth-order valence-corrected chi connectivity index (χ4v) is 5.52. The van der Waals surface area contributed by atoms with Gasteiger partial charge in [0.15, 0.2) is 0 Å². The van der Waals surface area contributed by atoms with E-state index in [2.05, 4.69) is 97.3 Å². The Kier molecular flexibility index (Phi) is 7.24. The van der Waals surface area contributed by atoms with Crippen molar-refractivity contribution < 1.29 is 4.74 Å². The summed E-state index contributed by atoms with van der Waals surface area (Å²) in [5.74, 6) is 0.928. The first-order chi connectivity index (χ1) is 17.6. The van der Waals surface area contributed by atoms with Crippen molar-refractivity contribution in [3.05, 3.63) is 94.7 Å². The van der Waals surface area contributed by atoms with E-state index in [1.807, 2.05) is 0 Å². The smallest absolute Gasteiger partial charge is 0.119 e. The van der Waals surface area contributed by atoms with Gasteiger partial charge in [-0.05, 0) is 109 Å². The normalized spacial score (nSPS) is 13.8. The molecule has 0 spiro atoms. The lowest BCUT2D eigenvalue weighted by molar-refractivity contribution is 0.313. The number of hydrogen-bond donors (Lipinski definition) is 0. The van der Waals surface area contributed by atoms with Gasteiger partial charge in [0.2, 0.25) is 0 Å². The Morgan fingerprint density at radius 3 is 2.64 bits per heavy atom. The molecule has 186 valence electrons. The van der Waals surface area contributed by atoms with Crippen molar-refractivity contribution in [3.8, 4) is 5.75 Å². The van der Waals surface area contributed by atoms with Crippen LogP contribution in [-0.2, 0) is 13.0 Å². The highest BCUT2D eigenvalue weighted by molar-refractivity contribution is 6.02. The molecule has 4 heteroatoms. The van der Waals surface area contributed by atoms with Crippen molar-refractivity contribution in [3.63, 3.8) is 0 Å². The highest BCUT2D eigenvalue weighted by Gasteiger charge is 2.22. The minimum absolute atomic E-state index is 0.903. The van der Waals surface area contributed by atoms with Gasteiger partial charge in [0, 0.05) is 18.1 Å². The topological polar surface area (TPSA) is 30.3 Å². The van der Waals surface area contributed by atoms with Crippen LogP contribution >= 0.6 is 0 Å². The zero-order chi connectivity index (χ0) is 25.1. The minimum Gasteiger partial charge on any atom is -0.497 e. The zero-order valence-corrected chi connectivity index (χ0v) is 22.1. The van der Waals surface area contributed by atoms with E-state index in [0.717, 1.165) is 50.2 Å². The van der Waals surface area contributed by atoms with Gasteiger partial charge in [0.1, 0.15) is 5.75 Å². The van der Waals surface area contributed by atoms with Crippen molar-refractivity contribution in [1.29, 1.82) is 0 Å². The number of hydrogen-bond acceptors (Lipinski definition) is 3. The molecule has 0 saturated carbocycles. The number of methoxy groups -OCH3 is 1. The number of ether oxygens (including phenoxy) is 1. The fourth-order valence-electron chi connectivity index (χ4n) is 5.52. The van der Waals surface area contributed by atoms with Gasteiger partial charge in [-0.2, -0.15) is 5.10 Å². The molecule has 0 bridgehead atoms. The molecule has 36 heavy (non-hydrogen) atoms. The molecule has 0 radical (unpaired) electrons. The molecule has 0 aliphatic heterocycles. The molecule has 0 saturated heterocycles. The van der Waals surface area contributed by atoms with Gasteiger partial charge < -0.3 is 9.64 Å². The summed E-state index contributed by atoms with van der Waals surface area (Å²) in [5, 5.41) is 6.06. The lowest BCUT2D eigenvalue weighted by Crippen LogP contribution is -2.24. The molecular weight excluding hydrogens is 442 g/mol. The maximum Gasteiger partial charge on any atom is 0.119 e. The van der Waals surface area contributed by atoms with E-state index < -0.39 is 0 Å². The van der Waals surface area contributed by atoms with Crippen LogP contribution in [0.4, 0.5) is 0 Å². The van der Waals surface area contributed by atoms with Crippen LogP contribution in [-0.4, -0.2) is 41.9 Å². The van der Waals surface area contributed by atoms with Gasteiger partial charge in [0.05, 0.1) is 19.2 Å². The summed E-state index contributed by atoms with van der Waals surface area (Å²) in [7, 11) is 3.93. The van der Waals surface area contributed by atoms with Gasteiger partial charge in [-0.15, -0.1) is 0 Å². The van der Waals surface area contributed by atoms with Crippen LogP contribution in [0, 0.1) is 6.92 Å². The number of likely N-dealkylation sites (N-methyl/N-ethyl adjacent to an activating group) is 1. The van der Waals surface area contributed by atoms with E-state index in [9.17, 15) is 0 Å². The number of allylic oxidation sites excluding steroid dienone is 1. The second-order valence-electron chi connectivity index (χ2n) is 10.0. The molecular formula is C32H37N3O. The molecule has 1 aliphatic rings. The number of aryl methyl sites for hydroxylation is 2. The van der Waals surface area contributed by atoms with Crippen molar-refractivity contribution in [2.45, 2.75) is 46.1 Å². The maximum atomic E-state index is 5.58. The second kappa shape index (κ2) is 10.7. The number of nitrogens with zero attached hydrogens (tertiary/aromatic N) is 3. The molecule has 4 aromatic rings. The lowest BCUT2D eigenvalue weighted by atomic mass is 9.86. The molecule has 0 N–H and O–H groups in total. The Labute approximate surface area is 215 Å². The van der Waals surface area contributed by atoms with E-state index in [-0.39, 0.29) is 0 Å². The highest BCUT2D eigenvalue weighted by atomic mass is 16.5. The molecule has 1 aliphatic carbocycles. The quantitative estimate of drug-likeness (QED) is 0.273. The van der Waals surface area contributed by atoms with Crippen LogP contribution in [0.2, 0.25) is 0 Å². The van der Waals surface area contributed by atoms with E-state index in [0.29, 0.717) is 0 Å². The van der Waals surface area contributed by atoms with Crippen LogP contribution in [0.15, 0.2) is 66.9 Å². The Hall–Kier alpha value is -3.37. The van der Waals surface area contributed by atoms with Crippen LogP contribution in [0.5, 0.6) is 5.75 Å². The third-order valence-electron chi connectivity index (χ3n) is 7.38. The molecule has 3 aromatic carbocycles. The first kappa shape index (κ1) is 24.3. The first-order valence-electron chi connectivity index (χ1n) is 13.2. The molecule has 4 nitrogen and oxygen atoms in total. The molecule has 0 atom stereocenters. The zero-order valence-electron chi connectivity index (χ0n) is 22.1. The van der Waals surface area contributed by atoms with Gasteiger partial charge in [-0.3, -0.25) is 4.68 Å². The predicted molar refractivity (Wildman–Crippen MR) is 151 cm³/mol. The Morgan fingerprint density at radius 2 is 1.83 bits per heavy atom. The summed E-state index contributed by atoms with van der Waals surface area (Å²) in [6.07, 6.45) is 6.61. The van der Waals surface area contributed by atoms with E-state index in [1.54, 1.807) is 7.11 Å². The number of rotatable bonds is 8. The maximum absolute atomic E-state index is 5.58. The summed E-state index contributed by atoms with van der Waals surface area (Å²) in [6.45, 7) is 7.47. The van der Waals surface area contributed by atoms with Crippen molar-refractivity contribution in [2.75, 3.05) is 27.2 Å². The predicted octanol–water partition coefficient (Wildman–Crippen LogP) is 6.99. The average molecular weight is 480 g/mol. The van der Waals surface area contributed by atoms with Crippen molar-refractivity contribution >= 4 is 22.0 Å². The molecule has 0 amide bonds. The Bertz CT molecular complexity index is 1400. The second-order valence-corrected chi connectivity index (χ2v) is 10.0. The molecule has 1 aromatic heterocycles. The average Bonchev–Trinajstić information content (AvgIpc) is 3.20. The molecule has 0 unspecified atom stereocenters. The lowest BCUT2D eigenvalue weighted by Gasteiger charge is -2.18. The summed E-state index contributed by atoms with van der Waals surface area (Å²) in [4.78, 5) is 2.37. The molecule has 5 rings (SSSR count). The first-order valence-corrected chi connectivity index (χ1v) is 13.2. The summed E-state index contributed by atoms with van der Waals surface area (Å²) >= 11 is 0. The monoisotopic (exact) mass is 479 g/mol. The number of benzene rings is 3. The fraction of sp³-hybridized carbons (Fsp3) is 0.344. The van der Waals surface area contributed by atoms with E-state index in [4.69, 9.17) is 9.84 Å².